The number of nitrogens with zero attached hydrogens (tertiary/aromatic N) is 1. The number of hydrogen-bond acceptors (Lipinski definition) is 6. The normalized spacial score (nSPS) is 15.0. The molecule has 1 fully saturated rings. The van der Waals surface area contributed by atoms with E-state index in [2.05, 4.69) is 5.32 Å². The summed E-state index contributed by atoms with van der Waals surface area (Å²) in [6, 6.07) is 14.6. The van der Waals surface area contributed by atoms with Gasteiger partial charge >= 0.3 is 0 Å². The number of benzene rings is 2. The SMILES string of the molecule is COc1ccccc1/C=C1\SC(=S)N(CCC(=O)Nc2ccccc2OC)C1=O. The van der Waals surface area contributed by atoms with Crippen molar-refractivity contribution in [3.05, 3.63) is 59.0 Å². The second kappa shape index (κ2) is 9.58. The summed E-state index contributed by atoms with van der Waals surface area (Å²) in [6.07, 6.45) is 1.87. The fourth-order valence-electron chi connectivity index (χ4n) is 2.79. The number of carbonyl (C=O) groups is 2. The molecule has 6 nitrogen and oxygen atoms in total. The smallest absolute Gasteiger partial charge is 0.266 e. The lowest BCUT2D eigenvalue weighted by molar-refractivity contribution is -0.122. The summed E-state index contributed by atoms with van der Waals surface area (Å²) in [4.78, 5) is 27.0. The molecule has 3 rings (SSSR count). The van der Waals surface area contributed by atoms with Gasteiger partial charge < -0.3 is 14.8 Å². The summed E-state index contributed by atoms with van der Waals surface area (Å²) in [5, 5.41) is 2.80. The van der Waals surface area contributed by atoms with Crippen LogP contribution in [-0.2, 0) is 9.59 Å². The van der Waals surface area contributed by atoms with Gasteiger partial charge in [-0.3, -0.25) is 14.5 Å². The summed E-state index contributed by atoms with van der Waals surface area (Å²) in [6.45, 7) is 0.203. The Kier molecular flexibility index (Phi) is 6.90. The average molecular weight is 429 g/mol. The molecule has 2 amide bonds. The minimum absolute atomic E-state index is 0.117. The van der Waals surface area contributed by atoms with Gasteiger partial charge in [-0.25, -0.2) is 0 Å². The van der Waals surface area contributed by atoms with Crippen molar-refractivity contribution in [1.82, 2.24) is 4.90 Å². The largest absolute Gasteiger partial charge is 0.496 e. The van der Waals surface area contributed by atoms with Gasteiger partial charge in [0.25, 0.3) is 5.91 Å². The molecule has 150 valence electrons. The van der Waals surface area contributed by atoms with Gasteiger partial charge in [0.2, 0.25) is 5.91 Å². The van der Waals surface area contributed by atoms with Crippen LogP contribution in [0.3, 0.4) is 0 Å². The van der Waals surface area contributed by atoms with Crippen LogP contribution in [0.25, 0.3) is 6.08 Å². The third-order valence-electron chi connectivity index (χ3n) is 4.24. The minimum atomic E-state index is -0.225. The number of nitrogens with one attached hydrogen (secondary N) is 1. The van der Waals surface area contributed by atoms with Crippen molar-refractivity contribution < 1.29 is 19.1 Å². The van der Waals surface area contributed by atoms with Crippen LogP contribution in [0.5, 0.6) is 11.5 Å². The van der Waals surface area contributed by atoms with E-state index in [0.717, 1.165) is 5.56 Å². The number of thioether (sulfide) groups is 1. The maximum Gasteiger partial charge on any atom is 0.266 e. The standard InChI is InChI=1S/C21H20N2O4S2/c1-26-16-9-5-3-7-14(16)13-18-20(25)23(21(28)29-18)12-11-19(24)22-15-8-4-6-10-17(15)27-2/h3-10,13H,11-12H2,1-2H3,(H,22,24)/b18-13-. The molecule has 0 saturated carbocycles. The van der Waals surface area contributed by atoms with Crippen molar-refractivity contribution >= 4 is 51.9 Å². The number of rotatable bonds is 7. The van der Waals surface area contributed by atoms with E-state index in [1.807, 2.05) is 36.4 Å². The molecule has 1 aliphatic rings. The third kappa shape index (κ3) is 4.96. The molecule has 0 aliphatic carbocycles. The molecule has 0 radical (unpaired) electrons. The van der Waals surface area contributed by atoms with Gasteiger partial charge in [0.05, 0.1) is 24.8 Å². The van der Waals surface area contributed by atoms with Gasteiger partial charge in [0.1, 0.15) is 15.8 Å². The Balaban J connectivity index is 1.64. The Morgan fingerprint density at radius 3 is 2.48 bits per heavy atom. The maximum atomic E-state index is 12.7. The molecule has 2 aromatic rings. The van der Waals surface area contributed by atoms with Gasteiger partial charge in [0.15, 0.2) is 0 Å². The topological polar surface area (TPSA) is 67.9 Å². The summed E-state index contributed by atoms with van der Waals surface area (Å²) in [5.74, 6) is 0.813. The highest BCUT2D eigenvalue weighted by molar-refractivity contribution is 8.26. The first-order valence-corrected chi connectivity index (χ1v) is 10.1. The Morgan fingerprint density at radius 1 is 1.10 bits per heavy atom. The summed E-state index contributed by atoms with van der Waals surface area (Å²) in [7, 11) is 3.12. The van der Waals surface area contributed by atoms with Crippen LogP contribution >= 0.6 is 24.0 Å². The lowest BCUT2D eigenvalue weighted by atomic mass is 10.2. The van der Waals surface area contributed by atoms with E-state index < -0.39 is 0 Å². The first-order valence-electron chi connectivity index (χ1n) is 8.84. The predicted octanol–water partition coefficient (Wildman–Crippen LogP) is 3.93. The van der Waals surface area contributed by atoms with E-state index in [9.17, 15) is 9.59 Å². The van der Waals surface area contributed by atoms with E-state index in [-0.39, 0.29) is 24.8 Å². The maximum absolute atomic E-state index is 12.7. The fraction of sp³-hybridized carbons (Fsp3) is 0.190. The fourth-order valence-corrected chi connectivity index (χ4v) is 4.09. The summed E-state index contributed by atoms with van der Waals surface area (Å²) < 4.78 is 11.0. The number of hydrogen-bond donors (Lipinski definition) is 1. The number of carbonyl (C=O) groups excluding carboxylic acids is 2. The zero-order valence-electron chi connectivity index (χ0n) is 16.0. The molecule has 1 heterocycles. The molecular weight excluding hydrogens is 408 g/mol. The van der Waals surface area contributed by atoms with E-state index >= 15 is 0 Å². The van der Waals surface area contributed by atoms with Gasteiger partial charge in [-0.1, -0.05) is 54.3 Å². The molecule has 29 heavy (non-hydrogen) atoms. The number of anilines is 1. The Bertz CT molecular complexity index is 975. The van der Waals surface area contributed by atoms with Crippen LogP contribution in [0.2, 0.25) is 0 Å². The lowest BCUT2D eigenvalue weighted by Crippen LogP contribution is -2.31. The van der Waals surface area contributed by atoms with Crippen LogP contribution in [-0.4, -0.2) is 41.8 Å². The molecule has 8 heteroatoms. The highest BCUT2D eigenvalue weighted by Gasteiger charge is 2.32. The first-order chi connectivity index (χ1) is 14.0. The molecule has 1 saturated heterocycles. The molecule has 0 aromatic heterocycles. The van der Waals surface area contributed by atoms with Crippen molar-refractivity contribution in [3.63, 3.8) is 0 Å². The number of amides is 2. The van der Waals surface area contributed by atoms with Crippen molar-refractivity contribution in [2.24, 2.45) is 0 Å². The van der Waals surface area contributed by atoms with Crippen LogP contribution in [0.15, 0.2) is 53.4 Å². The van der Waals surface area contributed by atoms with Crippen molar-refractivity contribution in [3.8, 4) is 11.5 Å². The second-order valence-electron chi connectivity index (χ2n) is 6.07. The Labute approximate surface area is 178 Å². The van der Waals surface area contributed by atoms with Gasteiger partial charge in [-0.15, -0.1) is 0 Å². The average Bonchev–Trinajstić information content (AvgIpc) is 3.00. The second-order valence-corrected chi connectivity index (χ2v) is 7.75. The summed E-state index contributed by atoms with van der Waals surface area (Å²) >= 11 is 6.56. The number of thiocarbonyl (C=S) groups is 1. The van der Waals surface area contributed by atoms with Crippen LogP contribution < -0.4 is 14.8 Å². The van der Waals surface area contributed by atoms with E-state index in [1.165, 1.54) is 16.7 Å². The molecule has 2 aromatic carbocycles. The monoisotopic (exact) mass is 428 g/mol. The first kappa shape index (κ1) is 20.9. The minimum Gasteiger partial charge on any atom is -0.496 e. The van der Waals surface area contributed by atoms with E-state index in [0.29, 0.717) is 26.4 Å². The molecule has 1 aliphatic heterocycles. The molecule has 0 spiro atoms. The highest BCUT2D eigenvalue weighted by Crippen LogP contribution is 2.34. The zero-order chi connectivity index (χ0) is 20.8. The molecular formula is C21H20N2O4S2. The quantitative estimate of drug-likeness (QED) is 0.532. The summed E-state index contributed by atoms with van der Waals surface area (Å²) in [5.41, 5.74) is 1.38. The van der Waals surface area contributed by atoms with Gasteiger partial charge in [-0.05, 0) is 24.3 Å². The Morgan fingerprint density at radius 2 is 1.76 bits per heavy atom. The third-order valence-corrected chi connectivity index (χ3v) is 5.62. The molecule has 1 N–H and O–H groups in total. The van der Waals surface area contributed by atoms with E-state index in [4.69, 9.17) is 21.7 Å². The van der Waals surface area contributed by atoms with Crippen LogP contribution in [0.1, 0.15) is 12.0 Å². The van der Waals surface area contributed by atoms with E-state index in [1.54, 1.807) is 32.4 Å². The Hall–Kier alpha value is -2.84. The zero-order valence-corrected chi connectivity index (χ0v) is 17.6. The molecule has 0 unspecified atom stereocenters. The number of ether oxygens (including phenoxy) is 2. The number of methoxy groups -OCH3 is 2. The van der Waals surface area contributed by atoms with Gasteiger partial charge in [-0.2, -0.15) is 0 Å². The van der Waals surface area contributed by atoms with Crippen LogP contribution in [0, 0.1) is 0 Å². The molecule has 0 atom stereocenters. The predicted molar refractivity (Wildman–Crippen MR) is 119 cm³/mol. The van der Waals surface area contributed by atoms with Crippen LogP contribution in [0.4, 0.5) is 5.69 Å². The highest BCUT2D eigenvalue weighted by atomic mass is 32.2. The van der Waals surface area contributed by atoms with Gasteiger partial charge in [0, 0.05) is 18.5 Å². The molecule has 0 bridgehead atoms. The lowest BCUT2D eigenvalue weighted by Gasteiger charge is -2.15. The van der Waals surface area contributed by atoms with Crippen molar-refractivity contribution in [2.45, 2.75) is 6.42 Å². The number of para-hydroxylation sites is 3. The van der Waals surface area contributed by atoms with Crippen molar-refractivity contribution in [1.29, 1.82) is 0 Å². The van der Waals surface area contributed by atoms with Crippen molar-refractivity contribution in [2.75, 3.05) is 26.1 Å².